The molecule has 0 bridgehead atoms. The molecule has 0 radical (unpaired) electrons. The summed E-state index contributed by atoms with van der Waals surface area (Å²) in [4.78, 5) is 0. The van der Waals surface area contributed by atoms with Gasteiger partial charge in [0.25, 0.3) is 0 Å². The van der Waals surface area contributed by atoms with Crippen molar-refractivity contribution in [1.82, 2.24) is 0 Å². The summed E-state index contributed by atoms with van der Waals surface area (Å²) in [5, 5.41) is 0. The van der Waals surface area contributed by atoms with Crippen LogP contribution < -0.4 is 11.5 Å². The van der Waals surface area contributed by atoms with Crippen LogP contribution in [0.3, 0.4) is 0 Å². The van der Waals surface area contributed by atoms with E-state index in [1.54, 1.807) is 0 Å². The third-order valence-corrected chi connectivity index (χ3v) is 4.70. The van der Waals surface area contributed by atoms with E-state index in [-0.39, 0.29) is 17.5 Å². The van der Waals surface area contributed by atoms with Crippen LogP contribution in [0.4, 0.5) is 0 Å². The SMILES string of the molecule is CC1C(C)C(N)C(C(C)(C)C)C(N)C1C. The van der Waals surface area contributed by atoms with Crippen molar-refractivity contribution in [3.05, 3.63) is 0 Å². The first-order chi connectivity index (χ1) is 6.68. The molecule has 1 rings (SSSR count). The minimum Gasteiger partial charge on any atom is -0.327 e. The first-order valence-electron chi connectivity index (χ1n) is 6.19. The third-order valence-electron chi connectivity index (χ3n) is 4.70. The molecule has 2 heteroatoms. The molecule has 0 aromatic rings. The van der Waals surface area contributed by atoms with Crippen molar-refractivity contribution in [2.24, 2.45) is 40.6 Å². The second-order valence-electron chi connectivity index (χ2n) is 6.62. The Morgan fingerprint density at radius 1 is 0.733 bits per heavy atom. The van der Waals surface area contributed by atoms with Gasteiger partial charge in [0.15, 0.2) is 0 Å². The second-order valence-corrected chi connectivity index (χ2v) is 6.62. The van der Waals surface area contributed by atoms with Crippen LogP contribution in [0.15, 0.2) is 0 Å². The maximum Gasteiger partial charge on any atom is 0.0115 e. The summed E-state index contributed by atoms with van der Waals surface area (Å²) < 4.78 is 0. The molecule has 4 N–H and O–H groups in total. The molecule has 2 nitrogen and oxygen atoms in total. The Labute approximate surface area is 94.8 Å². The zero-order valence-corrected chi connectivity index (χ0v) is 11.1. The molecule has 0 aromatic heterocycles. The van der Waals surface area contributed by atoms with Gasteiger partial charge in [0, 0.05) is 12.1 Å². The van der Waals surface area contributed by atoms with Gasteiger partial charge in [-0.05, 0) is 29.1 Å². The lowest BCUT2D eigenvalue weighted by Gasteiger charge is -2.51. The van der Waals surface area contributed by atoms with E-state index in [0.717, 1.165) is 0 Å². The van der Waals surface area contributed by atoms with Gasteiger partial charge in [-0.3, -0.25) is 0 Å². The summed E-state index contributed by atoms with van der Waals surface area (Å²) in [5.41, 5.74) is 13.0. The van der Waals surface area contributed by atoms with E-state index in [1.807, 2.05) is 0 Å². The molecule has 4 unspecified atom stereocenters. The van der Waals surface area contributed by atoms with Gasteiger partial charge in [-0.1, -0.05) is 41.5 Å². The average Bonchev–Trinajstić information content (AvgIpc) is 2.09. The highest BCUT2D eigenvalue weighted by atomic mass is 14.8. The minimum absolute atomic E-state index is 0.210. The molecule has 0 saturated heterocycles. The smallest absolute Gasteiger partial charge is 0.0115 e. The van der Waals surface area contributed by atoms with Gasteiger partial charge >= 0.3 is 0 Å². The Morgan fingerprint density at radius 3 is 1.33 bits per heavy atom. The fourth-order valence-corrected chi connectivity index (χ4v) is 3.25. The number of hydrogen-bond acceptors (Lipinski definition) is 2. The van der Waals surface area contributed by atoms with E-state index in [0.29, 0.717) is 23.7 Å². The molecule has 15 heavy (non-hydrogen) atoms. The first kappa shape index (κ1) is 13.0. The molecule has 90 valence electrons. The molecule has 1 saturated carbocycles. The van der Waals surface area contributed by atoms with Crippen LogP contribution in [-0.2, 0) is 0 Å². The molecule has 0 spiro atoms. The maximum absolute atomic E-state index is 6.37. The fraction of sp³-hybridized carbons (Fsp3) is 1.00. The summed E-state index contributed by atoms with van der Waals surface area (Å²) >= 11 is 0. The van der Waals surface area contributed by atoms with Crippen LogP contribution in [-0.4, -0.2) is 12.1 Å². The zero-order chi connectivity index (χ0) is 12.0. The van der Waals surface area contributed by atoms with Gasteiger partial charge in [-0.2, -0.15) is 0 Å². The monoisotopic (exact) mass is 212 g/mol. The van der Waals surface area contributed by atoms with Crippen molar-refractivity contribution in [3.8, 4) is 0 Å². The highest BCUT2D eigenvalue weighted by Crippen LogP contribution is 2.43. The van der Waals surface area contributed by atoms with Crippen molar-refractivity contribution in [1.29, 1.82) is 0 Å². The number of rotatable bonds is 0. The molecule has 0 amide bonds. The quantitative estimate of drug-likeness (QED) is 0.647. The summed E-state index contributed by atoms with van der Waals surface area (Å²) in [6, 6.07) is 0.484. The summed E-state index contributed by atoms with van der Waals surface area (Å²) in [6.07, 6.45) is 0. The zero-order valence-electron chi connectivity index (χ0n) is 11.1. The standard InChI is InChI=1S/C13H28N2/c1-7-8(2)11(14)10(13(4,5)6)12(15)9(7)3/h7-12H,14-15H2,1-6H3. The molecule has 0 heterocycles. The minimum atomic E-state index is 0.210. The first-order valence-corrected chi connectivity index (χ1v) is 6.19. The van der Waals surface area contributed by atoms with Crippen molar-refractivity contribution >= 4 is 0 Å². The van der Waals surface area contributed by atoms with E-state index in [1.165, 1.54) is 0 Å². The van der Waals surface area contributed by atoms with Gasteiger partial charge in [0.05, 0.1) is 0 Å². The lowest BCUT2D eigenvalue weighted by atomic mass is 9.58. The summed E-state index contributed by atoms with van der Waals surface area (Å²) in [5.74, 6) is 2.21. The Morgan fingerprint density at radius 2 is 1.07 bits per heavy atom. The van der Waals surface area contributed by atoms with Gasteiger partial charge in [-0.25, -0.2) is 0 Å². The van der Waals surface area contributed by atoms with Crippen molar-refractivity contribution in [3.63, 3.8) is 0 Å². The van der Waals surface area contributed by atoms with Gasteiger partial charge in [-0.15, -0.1) is 0 Å². The molecule has 0 aliphatic heterocycles. The van der Waals surface area contributed by atoms with E-state index >= 15 is 0 Å². The predicted molar refractivity (Wildman–Crippen MR) is 66.4 cm³/mol. The van der Waals surface area contributed by atoms with Crippen LogP contribution in [0, 0.1) is 29.1 Å². The van der Waals surface area contributed by atoms with Gasteiger partial charge in [0.2, 0.25) is 0 Å². The normalized spacial score (nSPS) is 48.0. The van der Waals surface area contributed by atoms with Crippen LogP contribution in [0.5, 0.6) is 0 Å². The van der Waals surface area contributed by atoms with Crippen molar-refractivity contribution < 1.29 is 0 Å². The third kappa shape index (κ3) is 2.21. The highest BCUT2D eigenvalue weighted by molar-refractivity contribution is 5.01. The average molecular weight is 212 g/mol. The molecular weight excluding hydrogens is 184 g/mol. The van der Waals surface area contributed by atoms with Crippen LogP contribution >= 0.6 is 0 Å². The largest absolute Gasteiger partial charge is 0.327 e. The van der Waals surface area contributed by atoms with E-state index in [9.17, 15) is 0 Å². The Balaban J connectivity index is 2.97. The van der Waals surface area contributed by atoms with Gasteiger partial charge < -0.3 is 11.5 Å². The lowest BCUT2D eigenvalue weighted by Crippen LogP contribution is -2.60. The van der Waals surface area contributed by atoms with Gasteiger partial charge in [0.1, 0.15) is 0 Å². The van der Waals surface area contributed by atoms with Crippen molar-refractivity contribution in [2.75, 3.05) is 0 Å². The molecule has 1 aliphatic carbocycles. The highest BCUT2D eigenvalue weighted by Gasteiger charge is 2.46. The van der Waals surface area contributed by atoms with Crippen LogP contribution in [0.2, 0.25) is 0 Å². The van der Waals surface area contributed by atoms with Crippen LogP contribution in [0.25, 0.3) is 0 Å². The van der Waals surface area contributed by atoms with E-state index in [4.69, 9.17) is 11.5 Å². The van der Waals surface area contributed by atoms with Crippen molar-refractivity contribution in [2.45, 2.75) is 53.6 Å². The molecule has 1 aliphatic rings. The Kier molecular flexibility index (Phi) is 3.52. The molecule has 1 fully saturated rings. The molecule has 4 atom stereocenters. The predicted octanol–water partition coefficient (Wildman–Crippen LogP) is 2.23. The lowest BCUT2D eigenvalue weighted by molar-refractivity contribution is 0.0253. The Hall–Kier alpha value is -0.0800. The topological polar surface area (TPSA) is 52.0 Å². The fourth-order valence-electron chi connectivity index (χ4n) is 3.25. The molecular formula is C13H28N2. The van der Waals surface area contributed by atoms with E-state index in [2.05, 4.69) is 41.5 Å². The maximum atomic E-state index is 6.37. The number of hydrogen-bond donors (Lipinski definition) is 2. The van der Waals surface area contributed by atoms with Crippen LogP contribution in [0.1, 0.15) is 41.5 Å². The second kappa shape index (κ2) is 4.06. The summed E-state index contributed by atoms with van der Waals surface area (Å²) in [7, 11) is 0. The molecule has 0 aromatic carbocycles. The number of nitrogens with two attached hydrogens (primary N) is 2. The summed E-state index contributed by atoms with van der Waals surface area (Å²) in [6.45, 7) is 13.6. The van der Waals surface area contributed by atoms with E-state index < -0.39 is 0 Å². The Bertz CT molecular complexity index is 203.